The Morgan fingerprint density at radius 1 is 1.19 bits per heavy atom. The topological polar surface area (TPSA) is 88.3 Å². The number of nitrogens with one attached hydrogen (secondary N) is 2. The van der Waals surface area contributed by atoms with E-state index in [-0.39, 0.29) is 23.3 Å². The molecule has 2 aromatic rings. The van der Waals surface area contributed by atoms with Crippen LogP contribution in [0.2, 0.25) is 0 Å². The Hall–Kier alpha value is -2.89. The van der Waals surface area contributed by atoms with Crippen molar-refractivity contribution in [3.05, 3.63) is 59.4 Å². The molecule has 0 bridgehead atoms. The zero-order valence-electron chi connectivity index (χ0n) is 15.2. The van der Waals surface area contributed by atoms with Crippen molar-refractivity contribution in [3.63, 3.8) is 0 Å². The van der Waals surface area contributed by atoms with Crippen LogP contribution in [0.3, 0.4) is 0 Å². The van der Waals surface area contributed by atoms with Crippen LogP contribution in [0, 0.1) is 0 Å². The second-order valence-corrected chi connectivity index (χ2v) is 6.17. The lowest BCUT2D eigenvalue weighted by Gasteiger charge is -2.18. The molecule has 2 atom stereocenters. The minimum absolute atomic E-state index is 0.144. The molecule has 1 amide bonds. The first-order chi connectivity index (χ1) is 12.4. The second kappa shape index (κ2) is 8.99. The fourth-order valence-corrected chi connectivity index (χ4v) is 2.58. The first kappa shape index (κ1) is 19.4. The number of ether oxygens (including phenoxy) is 1. The van der Waals surface area contributed by atoms with Gasteiger partial charge in [-0.1, -0.05) is 37.3 Å². The first-order valence-corrected chi connectivity index (χ1v) is 8.65. The van der Waals surface area contributed by atoms with E-state index in [4.69, 9.17) is 4.74 Å². The van der Waals surface area contributed by atoms with Gasteiger partial charge >= 0.3 is 5.97 Å². The molecule has 2 rings (SSSR count). The van der Waals surface area contributed by atoms with E-state index in [2.05, 4.69) is 17.2 Å². The predicted octanol–water partition coefficient (Wildman–Crippen LogP) is 3.07. The van der Waals surface area contributed by atoms with E-state index in [1.165, 1.54) is 26.1 Å². The summed E-state index contributed by atoms with van der Waals surface area (Å²) in [6.45, 7) is 5.46. The highest BCUT2D eigenvalue weighted by Gasteiger charge is 2.21. The Balaban J connectivity index is 1.88. The van der Waals surface area contributed by atoms with Gasteiger partial charge in [-0.2, -0.15) is 0 Å². The van der Waals surface area contributed by atoms with Crippen LogP contribution in [0.15, 0.2) is 42.6 Å². The van der Waals surface area contributed by atoms with Gasteiger partial charge in [0.25, 0.3) is 5.91 Å². The highest BCUT2D eigenvalue weighted by atomic mass is 16.5. The molecule has 26 heavy (non-hydrogen) atoms. The number of carbonyl (C=O) groups excluding carboxylic acids is 3. The molecule has 1 aromatic heterocycles. The summed E-state index contributed by atoms with van der Waals surface area (Å²) in [5, 5.41) is 2.83. The van der Waals surface area contributed by atoms with Crippen molar-refractivity contribution < 1.29 is 19.1 Å². The maximum absolute atomic E-state index is 12.2. The zero-order chi connectivity index (χ0) is 19.1. The van der Waals surface area contributed by atoms with Gasteiger partial charge in [0.15, 0.2) is 11.9 Å². The lowest BCUT2D eigenvalue weighted by atomic mass is 9.96. The summed E-state index contributed by atoms with van der Waals surface area (Å²) in [5.41, 5.74) is 1.69. The number of ketones is 1. The molecule has 0 saturated carbocycles. The molecular weight excluding hydrogens is 332 g/mol. The van der Waals surface area contributed by atoms with Crippen LogP contribution in [0.25, 0.3) is 0 Å². The van der Waals surface area contributed by atoms with E-state index in [1.54, 1.807) is 0 Å². The molecule has 0 saturated heterocycles. The number of aromatic nitrogens is 1. The maximum atomic E-state index is 12.2. The van der Waals surface area contributed by atoms with Crippen molar-refractivity contribution in [1.82, 2.24) is 10.3 Å². The van der Waals surface area contributed by atoms with Gasteiger partial charge in [0.05, 0.1) is 0 Å². The van der Waals surface area contributed by atoms with Gasteiger partial charge in [0.1, 0.15) is 5.69 Å². The summed E-state index contributed by atoms with van der Waals surface area (Å²) in [6.07, 6.45) is 1.39. The van der Waals surface area contributed by atoms with Gasteiger partial charge in [-0.3, -0.25) is 9.59 Å². The van der Waals surface area contributed by atoms with Crippen LogP contribution in [0.1, 0.15) is 59.5 Å². The Kier molecular flexibility index (Phi) is 6.72. The minimum Gasteiger partial charge on any atom is -0.448 e. The lowest BCUT2D eigenvalue weighted by Crippen LogP contribution is -2.38. The van der Waals surface area contributed by atoms with Crippen LogP contribution >= 0.6 is 0 Å². The molecule has 0 aliphatic rings. The number of esters is 1. The molecule has 0 radical (unpaired) electrons. The number of H-pyrrole nitrogens is 1. The monoisotopic (exact) mass is 356 g/mol. The lowest BCUT2D eigenvalue weighted by molar-refractivity contribution is -0.129. The highest BCUT2D eigenvalue weighted by Crippen LogP contribution is 2.18. The summed E-state index contributed by atoms with van der Waals surface area (Å²) in [7, 11) is 0. The maximum Gasteiger partial charge on any atom is 0.355 e. The van der Waals surface area contributed by atoms with E-state index >= 15 is 0 Å². The smallest absolute Gasteiger partial charge is 0.355 e. The molecule has 1 aromatic carbocycles. The first-order valence-electron chi connectivity index (χ1n) is 8.65. The van der Waals surface area contributed by atoms with E-state index in [1.807, 2.05) is 30.3 Å². The van der Waals surface area contributed by atoms with Crippen molar-refractivity contribution in [2.24, 2.45) is 0 Å². The van der Waals surface area contributed by atoms with Crippen LogP contribution in [-0.2, 0) is 9.53 Å². The summed E-state index contributed by atoms with van der Waals surface area (Å²) in [5.74, 6) is -0.983. The standard InChI is InChI=1S/C20H24N2O4/c1-4-15(16-8-6-5-7-9-16)11-22-19(24)14(3)26-20(25)18-10-17(12-21-18)13(2)23/h5-10,12,14-15,21H,4,11H2,1-3H3,(H,22,24)/t14-,15-/m1/s1. The second-order valence-electron chi connectivity index (χ2n) is 6.17. The minimum atomic E-state index is -0.931. The summed E-state index contributed by atoms with van der Waals surface area (Å²) in [6, 6.07) is 11.4. The quantitative estimate of drug-likeness (QED) is 0.562. The molecule has 2 N–H and O–H groups in total. The molecule has 6 nitrogen and oxygen atoms in total. The van der Waals surface area contributed by atoms with Gasteiger partial charge in [-0.15, -0.1) is 0 Å². The van der Waals surface area contributed by atoms with Crippen molar-refractivity contribution in [1.29, 1.82) is 0 Å². The molecule has 6 heteroatoms. The van der Waals surface area contributed by atoms with Crippen LogP contribution in [0.4, 0.5) is 0 Å². The zero-order valence-corrected chi connectivity index (χ0v) is 15.2. The van der Waals surface area contributed by atoms with E-state index < -0.39 is 12.1 Å². The molecule has 138 valence electrons. The predicted molar refractivity (Wildman–Crippen MR) is 98.2 cm³/mol. The van der Waals surface area contributed by atoms with E-state index in [9.17, 15) is 14.4 Å². The molecule has 0 spiro atoms. The number of hydrogen-bond acceptors (Lipinski definition) is 4. The number of hydrogen-bond donors (Lipinski definition) is 2. The molecule has 1 heterocycles. The van der Waals surface area contributed by atoms with Crippen molar-refractivity contribution in [3.8, 4) is 0 Å². The number of amides is 1. The molecule has 0 aliphatic carbocycles. The van der Waals surface area contributed by atoms with Crippen LogP contribution in [0.5, 0.6) is 0 Å². The normalized spacial score (nSPS) is 12.9. The van der Waals surface area contributed by atoms with Crippen LogP contribution < -0.4 is 5.32 Å². The fourth-order valence-electron chi connectivity index (χ4n) is 2.58. The summed E-state index contributed by atoms with van der Waals surface area (Å²) >= 11 is 0. The fraction of sp³-hybridized carbons (Fsp3) is 0.350. The third-order valence-corrected chi connectivity index (χ3v) is 4.25. The van der Waals surface area contributed by atoms with E-state index in [0.717, 1.165) is 12.0 Å². The van der Waals surface area contributed by atoms with Gasteiger partial charge in [0.2, 0.25) is 0 Å². The highest BCUT2D eigenvalue weighted by molar-refractivity contribution is 5.98. The third-order valence-electron chi connectivity index (χ3n) is 4.25. The third kappa shape index (κ3) is 5.05. The summed E-state index contributed by atoms with van der Waals surface area (Å²) < 4.78 is 5.17. The van der Waals surface area contributed by atoms with Crippen molar-refractivity contribution in [2.75, 3.05) is 6.54 Å². The van der Waals surface area contributed by atoms with Crippen molar-refractivity contribution in [2.45, 2.75) is 39.2 Å². The van der Waals surface area contributed by atoms with Gasteiger partial charge in [0, 0.05) is 24.2 Å². The molecular formula is C20H24N2O4. The van der Waals surface area contributed by atoms with Crippen LogP contribution in [-0.4, -0.2) is 35.3 Å². The Morgan fingerprint density at radius 2 is 1.88 bits per heavy atom. The largest absolute Gasteiger partial charge is 0.448 e. The van der Waals surface area contributed by atoms with Gasteiger partial charge < -0.3 is 15.0 Å². The number of rotatable bonds is 8. The number of aromatic amines is 1. The Labute approximate surface area is 152 Å². The SMILES string of the molecule is CC[C@H](CNC(=O)[C@@H](C)OC(=O)c1cc(C(C)=O)c[nH]1)c1ccccc1. The molecule has 0 unspecified atom stereocenters. The number of benzene rings is 1. The van der Waals surface area contributed by atoms with Gasteiger partial charge in [-0.25, -0.2) is 4.79 Å². The number of Topliss-reactive ketones (excluding diaryl/α,β-unsaturated/α-hetero) is 1. The molecule has 0 fully saturated rings. The van der Waals surface area contributed by atoms with Crippen molar-refractivity contribution >= 4 is 17.7 Å². The Bertz CT molecular complexity index is 767. The average molecular weight is 356 g/mol. The average Bonchev–Trinajstić information content (AvgIpc) is 3.13. The molecule has 0 aliphatic heterocycles. The Morgan fingerprint density at radius 3 is 2.46 bits per heavy atom. The van der Waals surface area contributed by atoms with Gasteiger partial charge in [-0.05, 0) is 31.9 Å². The number of carbonyl (C=O) groups is 3. The van der Waals surface area contributed by atoms with E-state index in [0.29, 0.717) is 12.1 Å². The summed E-state index contributed by atoms with van der Waals surface area (Å²) in [4.78, 5) is 38.2.